The van der Waals surface area contributed by atoms with E-state index in [1.807, 2.05) is 6.07 Å². The minimum Gasteiger partial charge on any atom is -0.388 e. The highest BCUT2D eigenvalue weighted by Gasteiger charge is 2.57. The average molecular weight is 344 g/mol. The van der Waals surface area contributed by atoms with Crippen LogP contribution >= 0.6 is 43.2 Å². The standard InChI is InChI=1S/C9H9Br2FOS/c1-9(3-5(9)12)7(13)4-2-6(10)14-8(4)11/h2,5,7,13H,3H2,1H3. The first-order valence-electron chi connectivity index (χ1n) is 4.22. The molecule has 1 heterocycles. The molecule has 1 aliphatic rings. The molecule has 1 saturated carbocycles. The molecule has 1 aliphatic carbocycles. The van der Waals surface area contributed by atoms with Gasteiger partial charge in [0.05, 0.1) is 13.7 Å². The summed E-state index contributed by atoms with van der Waals surface area (Å²) in [5.74, 6) is 0. The molecule has 1 fully saturated rings. The van der Waals surface area contributed by atoms with Crippen molar-refractivity contribution in [1.82, 2.24) is 0 Å². The van der Waals surface area contributed by atoms with Gasteiger partial charge < -0.3 is 5.11 Å². The zero-order chi connectivity index (χ0) is 10.5. The van der Waals surface area contributed by atoms with Crippen LogP contribution in [-0.2, 0) is 0 Å². The van der Waals surface area contributed by atoms with Crippen LogP contribution in [0.2, 0.25) is 0 Å². The van der Waals surface area contributed by atoms with Crippen LogP contribution in [-0.4, -0.2) is 11.3 Å². The van der Waals surface area contributed by atoms with Gasteiger partial charge in [-0.05, 0) is 44.3 Å². The topological polar surface area (TPSA) is 20.2 Å². The molecular formula is C9H9Br2FOS. The second-order valence-corrected chi connectivity index (χ2v) is 7.61. The van der Waals surface area contributed by atoms with E-state index >= 15 is 0 Å². The largest absolute Gasteiger partial charge is 0.388 e. The van der Waals surface area contributed by atoms with Crippen molar-refractivity contribution in [2.45, 2.75) is 25.6 Å². The van der Waals surface area contributed by atoms with E-state index in [-0.39, 0.29) is 0 Å². The summed E-state index contributed by atoms with van der Waals surface area (Å²) in [5.41, 5.74) is 0.202. The number of hydrogen-bond acceptors (Lipinski definition) is 2. The molecule has 14 heavy (non-hydrogen) atoms. The van der Waals surface area contributed by atoms with E-state index in [4.69, 9.17) is 0 Å². The second-order valence-electron chi connectivity index (χ2n) is 3.86. The Balaban J connectivity index is 2.27. The Morgan fingerprint density at radius 1 is 1.71 bits per heavy atom. The molecule has 3 atom stereocenters. The van der Waals surface area contributed by atoms with E-state index in [1.165, 1.54) is 11.3 Å². The van der Waals surface area contributed by atoms with E-state index in [2.05, 4.69) is 31.9 Å². The molecule has 0 aromatic carbocycles. The molecule has 0 aliphatic heterocycles. The molecule has 5 heteroatoms. The highest BCUT2D eigenvalue weighted by Crippen LogP contribution is 2.58. The number of rotatable bonds is 2. The molecule has 1 aromatic heterocycles. The minimum atomic E-state index is -0.872. The van der Waals surface area contributed by atoms with Gasteiger partial charge in [0.1, 0.15) is 6.17 Å². The van der Waals surface area contributed by atoms with Crippen molar-refractivity contribution < 1.29 is 9.50 Å². The summed E-state index contributed by atoms with van der Waals surface area (Å²) in [4.78, 5) is 0. The molecule has 1 nitrogen and oxygen atoms in total. The average Bonchev–Trinajstić information content (AvgIpc) is 2.54. The highest BCUT2D eigenvalue weighted by atomic mass is 79.9. The molecule has 0 amide bonds. The Hall–Kier alpha value is 0.550. The lowest BCUT2D eigenvalue weighted by atomic mass is 9.97. The first-order valence-corrected chi connectivity index (χ1v) is 6.62. The smallest absolute Gasteiger partial charge is 0.109 e. The van der Waals surface area contributed by atoms with Crippen LogP contribution in [0, 0.1) is 5.41 Å². The van der Waals surface area contributed by atoms with Crippen LogP contribution < -0.4 is 0 Å². The van der Waals surface area contributed by atoms with Crippen LogP contribution in [0.15, 0.2) is 13.6 Å². The van der Waals surface area contributed by atoms with Gasteiger partial charge in [-0.2, -0.15) is 0 Å². The third-order valence-electron chi connectivity index (χ3n) is 2.78. The summed E-state index contributed by atoms with van der Waals surface area (Å²) in [6.45, 7) is 1.78. The molecule has 2 rings (SSSR count). The van der Waals surface area contributed by atoms with E-state index in [0.717, 1.165) is 13.1 Å². The van der Waals surface area contributed by atoms with Gasteiger partial charge >= 0.3 is 0 Å². The molecular weight excluding hydrogens is 335 g/mol. The van der Waals surface area contributed by atoms with E-state index in [1.54, 1.807) is 6.92 Å². The van der Waals surface area contributed by atoms with Crippen molar-refractivity contribution in [2.75, 3.05) is 0 Å². The van der Waals surface area contributed by atoms with E-state index < -0.39 is 17.7 Å². The third-order valence-corrected chi connectivity index (χ3v) is 5.16. The highest BCUT2D eigenvalue weighted by molar-refractivity contribution is 9.12. The first kappa shape index (κ1) is 11.0. The maximum absolute atomic E-state index is 13.1. The zero-order valence-electron chi connectivity index (χ0n) is 7.43. The molecule has 3 unspecified atom stereocenters. The van der Waals surface area contributed by atoms with Crippen LogP contribution in [0.4, 0.5) is 4.39 Å². The Morgan fingerprint density at radius 3 is 2.64 bits per heavy atom. The number of alkyl halides is 1. The monoisotopic (exact) mass is 342 g/mol. The molecule has 1 N–H and O–H groups in total. The van der Waals surface area contributed by atoms with Crippen molar-refractivity contribution >= 4 is 43.2 Å². The van der Waals surface area contributed by atoms with Crippen molar-refractivity contribution in [1.29, 1.82) is 0 Å². The van der Waals surface area contributed by atoms with Gasteiger partial charge in [-0.3, -0.25) is 0 Å². The number of aliphatic hydroxyl groups is 1. The third kappa shape index (κ3) is 1.68. The fraction of sp³-hybridized carbons (Fsp3) is 0.556. The normalized spacial score (nSPS) is 33.1. The maximum atomic E-state index is 13.1. The predicted octanol–water partition coefficient (Wildman–Crippen LogP) is 4.05. The van der Waals surface area contributed by atoms with Gasteiger partial charge in [-0.15, -0.1) is 11.3 Å². The maximum Gasteiger partial charge on any atom is 0.109 e. The lowest BCUT2D eigenvalue weighted by molar-refractivity contribution is 0.0872. The van der Waals surface area contributed by atoms with Gasteiger partial charge in [0.25, 0.3) is 0 Å². The summed E-state index contributed by atoms with van der Waals surface area (Å²) in [7, 11) is 0. The van der Waals surface area contributed by atoms with Gasteiger partial charge in [-0.25, -0.2) is 4.39 Å². The van der Waals surface area contributed by atoms with Crippen LogP contribution in [0.5, 0.6) is 0 Å². The number of halogens is 3. The lowest BCUT2D eigenvalue weighted by Gasteiger charge is -2.16. The molecule has 0 bridgehead atoms. The Kier molecular flexibility index (Phi) is 2.79. The Bertz CT molecular complexity index is 368. The van der Waals surface area contributed by atoms with E-state index in [9.17, 15) is 9.50 Å². The van der Waals surface area contributed by atoms with Crippen LogP contribution in [0.1, 0.15) is 25.0 Å². The van der Waals surface area contributed by atoms with Gasteiger partial charge in [0.2, 0.25) is 0 Å². The molecule has 1 aromatic rings. The van der Waals surface area contributed by atoms with Crippen LogP contribution in [0.3, 0.4) is 0 Å². The predicted molar refractivity (Wildman–Crippen MR) is 62.3 cm³/mol. The summed E-state index contributed by atoms with van der Waals surface area (Å²) in [6.07, 6.45) is -1.13. The number of hydrogen-bond donors (Lipinski definition) is 1. The summed E-state index contributed by atoms with van der Waals surface area (Å²) in [6, 6.07) is 1.84. The number of aliphatic hydroxyl groups excluding tert-OH is 1. The first-order chi connectivity index (χ1) is 6.45. The second kappa shape index (κ2) is 3.54. The van der Waals surface area contributed by atoms with Gasteiger partial charge in [0, 0.05) is 11.0 Å². The van der Waals surface area contributed by atoms with Crippen molar-refractivity contribution in [3.63, 3.8) is 0 Å². The summed E-state index contributed by atoms with van der Waals surface area (Å²) in [5, 5.41) is 10.00. The zero-order valence-corrected chi connectivity index (χ0v) is 11.4. The minimum absolute atomic E-state index is 0.452. The molecule has 0 saturated heterocycles. The Morgan fingerprint density at radius 2 is 2.29 bits per heavy atom. The molecule has 0 spiro atoms. The summed E-state index contributed by atoms with van der Waals surface area (Å²) < 4.78 is 14.9. The van der Waals surface area contributed by atoms with Gasteiger partial charge in [-0.1, -0.05) is 6.92 Å². The fourth-order valence-electron chi connectivity index (χ4n) is 1.50. The Labute approximate surface area is 103 Å². The van der Waals surface area contributed by atoms with Gasteiger partial charge in [0.15, 0.2) is 0 Å². The molecule has 78 valence electrons. The van der Waals surface area contributed by atoms with Crippen molar-refractivity contribution in [3.8, 4) is 0 Å². The lowest BCUT2D eigenvalue weighted by Crippen LogP contribution is -2.12. The molecule has 0 radical (unpaired) electrons. The van der Waals surface area contributed by atoms with Crippen molar-refractivity contribution in [2.24, 2.45) is 5.41 Å². The quantitative estimate of drug-likeness (QED) is 0.858. The SMILES string of the molecule is CC1(C(O)c2cc(Br)sc2Br)CC1F. The fourth-order valence-corrected chi connectivity index (χ4v) is 4.39. The number of thiophene rings is 1. The summed E-state index contributed by atoms with van der Waals surface area (Å²) >= 11 is 8.19. The van der Waals surface area contributed by atoms with Crippen molar-refractivity contribution in [3.05, 3.63) is 19.2 Å². The van der Waals surface area contributed by atoms with E-state index in [0.29, 0.717) is 6.42 Å². The van der Waals surface area contributed by atoms with Crippen LogP contribution in [0.25, 0.3) is 0 Å².